The molecule has 0 nitrogen and oxygen atoms in total. The van der Waals surface area contributed by atoms with E-state index in [1.807, 2.05) is 5.92 Å². The van der Waals surface area contributed by atoms with Crippen molar-refractivity contribution in [2.75, 3.05) is 0 Å². The number of hydrogen-bond acceptors (Lipinski definition) is 0. The summed E-state index contributed by atoms with van der Waals surface area (Å²) in [6.45, 7) is 4.70. The fourth-order valence-corrected chi connectivity index (χ4v) is 1.96. The molecule has 1 aliphatic carbocycles. The van der Waals surface area contributed by atoms with Crippen molar-refractivity contribution in [3.8, 4) is 0 Å². The molecule has 1 saturated carbocycles. The van der Waals surface area contributed by atoms with Gasteiger partial charge in [-0.1, -0.05) is 46.0 Å². The smallest absolute Gasteiger partial charge is 0.0213 e. The van der Waals surface area contributed by atoms with Gasteiger partial charge in [0.1, 0.15) is 0 Å². The van der Waals surface area contributed by atoms with Crippen LogP contribution in [-0.4, -0.2) is 0 Å². The average molecular weight is 153 g/mol. The van der Waals surface area contributed by atoms with Crippen molar-refractivity contribution in [2.24, 2.45) is 5.92 Å². The largest absolute Gasteiger partial charge is 0.0651 e. The molecule has 0 heterocycles. The third-order valence-electron chi connectivity index (χ3n) is 3.06. The second kappa shape index (κ2) is 4.79. The summed E-state index contributed by atoms with van der Waals surface area (Å²) in [7, 11) is 0. The van der Waals surface area contributed by atoms with Gasteiger partial charge in [0.25, 0.3) is 0 Å². The van der Waals surface area contributed by atoms with Gasteiger partial charge >= 0.3 is 0 Å². The molecule has 0 spiro atoms. The van der Waals surface area contributed by atoms with E-state index >= 15 is 0 Å². The minimum atomic E-state index is 0.896. The van der Waals surface area contributed by atoms with Crippen LogP contribution in [0.2, 0.25) is 0 Å². The highest BCUT2D eigenvalue weighted by atomic mass is 14.2. The van der Waals surface area contributed by atoms with Gasteiger partial charge in [-0.15, -0.1) is 0 Å². The highest BCUT2D eigenvalue weighted by molar-refractivity contribution is 4.95. The molecule has 1 atom stereocenters. The molecule has 0 aromatic carbocycles. The van der Waals surface area contributed by atoms with E-state index in [1.54, 1.807) is 0 Å². The Balaban J connectivity index is 2.30. The molecule has 0 aromatic rings. The highest BCUT2D eigenvalue weighted by Crippen LogP contribution is 2.31. The molecule has 0 aromatic heterocycles. The van der Waals surface area contributed by atoms with E-state index in [1.165, 1.54) is 44.9 Å². The van der Waals surface area contributed by atoms with Crippen LogP contribution in [0, 0.1) is 11.8 Å². The van der Waals surface area contributed by atoms with E-state index in [2.05, 4.69) is 13.8 Å². The third kappa shape index (κ3) is 2.84. The van der Waals surface area contributed by atoms with Crippen molar-refractivity contribution < 1.29 is 0 Å². The minimum absolute atomic E-state index is 0.896. The maximum Gasteiger partial charge on any atom is -0.0213 e. The lowest BCUT2D eigenvalue weighted by Gasteiger charge is -2.19. The fourth-order valence-electron chi connectivity index (χ4n) is 1.96. The Bertz CT molecular complexity index is 88.2. The molecule has 11 heavy (non-hydrogen) atoms. The lowest BCUT2D eigenvalue weighted by atomic mass is 9.86. The van der Waals surface area contributed by atoms with Crippen molar-refractivity contribution in [3.05, 3.63) is 5.92 Å². The van der Waals surface area contributed by atoms with Gasteiger partial charge in [0, 0.05) is 0 Å². The molecule has 0 heteroatoms. The first-order valence-electron chi connectivity index (χ1n) is 5.19. The molecule has 0 aliphatic heterocycles. The Kier molecular flexibility index (Phi) is 3.96. The van der Waals surface area contributed by atoms with Crippen molar-refractivity contribution in [2.45, 2.75) is 58.8 Å². The van der Waals surface area contributed by atoms with Gasteiger partial charge in [-0.2, -0.15) is 0 Å². The summed E-state index contributed by atoms with van der Waals surface area (Å²) in [4.78, 5) is 0. The van der Waals surface area contributed by atoms with Crippen LogP contribution >= 0.6 is 0 Å². The lowest BCUT2D eigenvalue weighted by molar-refractivity contribution is 0.504. The normalized spacial score (nSPS) is 24.5. The van der Waals surface area contributed by atoms with Gasteiger partial charge in [0.15, 0.2) is 0 Å². The van der Waals surface area contributed by atoms with Gasteiger partial charge in [0.2, 0.25) is 0 Å². The van der Waals surface area contributed by atoms with Crippen LogP contribution < -0.4 is 0 Å². The van der Waals surface area contributed by atoms with Gasteiger partial charge in [-0.05, 0) is 24.7 Å². The van der Waals surface area contributed by atoms with Gasteiger partial charge in [0.05, 0.1) is 0 Å². The van der Waals surface area contributed by atoms with Crippen molar-refractivity contribution in [1.82, 2.24) is 0 Å². The first-order chi connectivity index (χ1) is 5.34. The van der Waals surface area contributed by atoms with E-state index in [0.29, 0.717) is 0 Å². The third-order valence-corrected chi connectivity index (χ3v) is 3.06. The van der Waals surface area contributed by atoms with E-state index in [-0.39, 0.29) is 0 Å². The quantitative estimate of drug-likeness (QED) is 0.527. The Morgan fingerprint density at radius 3 is 2.09 bits per heavy atom. The summed E-state index contributed by atoms with van der Waals surface area (Å²) in [6.07, 6.45) is 10.1. The predicted octanol–water partition coefficient (Wildman–Crippen LogP) is 3.96. The zero-order chi connectivity index (χ0) is 8.10. The monoisotopic (exact) mass is 153 g/mol. The molecule has 0 N–H and O–H groups in total. The molecule has 1 aliphatic rings. The van der Waals surface area contributed by atoms with E-state index in [4.69, 9.17) is 0 Å². The first kappa shape index (κ1) is 9.09. The van der Waals surface area contributed by atoms with Crippen LogP contribution in [0.4, 0.5) is 0 Å². The second-order valence-corrected chi connectivity index (χ2v) is 3.88. The average Bonchev–Trinajstić information content (AvgIpc) is 2.30. The summed E-state index contributed by atoms with van der Waals surface area (Å²) in [5.41, 5.74) is 0. The molecule has 1 unspecified atom stereocenters. The van der Waals surface area contributed by atoms with Crippen LogP contribution in [0.15, 0.2) is 0 Å². The maximum absolute atomic E-state index is 2.39. The minimum Gasteiger partial charge on any atom is -0.0651 e. The Morgan fingerprint density at radius 1 is 1.09 bits per heavy atom. The molecule has 0 bridgehead atoms. The SMILES string of the molecule is CCC(C)[C]1CCCCCC1. The van der Waals surface area contributed by atoms with Crippen LogP contribution in [0.25, 0.3) is 0 Å². The zero-order valence-corrected chi connectivity index (χ0v) is 8.03. The lowest BCUT2D eigenvalue weighted by Crippen LogP contribution is -2.06. The molecule has 1 rings (SSSR count). The Hall–Kier alpha value is 0. The van der Waals surface area contributed by atoms with Gasteiger partial charge in [-0.3, -0.25) is 0 Å². The van der Waals surface area contributed by atoms with Crippen molar-refractivity contribution >= 4 is 0 Å². The number of rotatable bonds is 2. The van der Waals surface area contributed by atoms with Crippen LogP contribution in [0.5, 0.6) is 0 Å². The Morgan fingerprint density at radius 2 is 1.64 bits per heavy atom. The maximum atomic E-state index is 2.39. The van der Waals surface area contributed by atoms with Crippen molar-refractivity contribution in [3.63, 3.8) is 0 Å². The van der Waals surface area contributed by atoms with E-state index in [9.17, 15) is 0 Å². The second-order valence-electron chi connectivity index (χ2n) is 3.88. The highest BCUT2D eigenvalue weighted by Gasteiger charge is 2.17. The molecule has 0 amide bonds. The summed E-state index contributed by atoms with van der Waals surface area (Å²) in [6, 6.07) is 0. The first-order valence-corrected chi connectivity index (χ1v) is 5.19. The van der Waals surface area contributed by atoms with E-state index in [0.717, 1.165) is 5.92 Å². The standard InChI is InChI=1S/C11H21/c1-3-10(2)11-8-6-4-5-7-9-11/h10H,3-9H2,1-2H3. The van der Waals surface area contributed by atoms with Crippen LogP contribution in [-0.2, 0) is 0 Å². The van der Waals surface area contributed by atoms with Gasteiger partial charge < -0.3 is 0 Å². The Labute approximate surface area is 71.4 Å². The molecule has 65 valence electrons. The van der Waals surface area contributed by atoms with Gasteiger partial charge in [-0.25, -0.2) is 0 Å². The summed E-state index contributed by atoms with van der Waals surface area (Å²) >= 11 is 0. The summed E-state index contributed by atoms with van der Waals surface area (Å²) in [5.74, 6) is 2.75. The fraction of sp³-hybridized carbons (Fsp3) is 0.909. The topological polar surface area (TPSA) is 0 Å². The molecular formula is C11H21. The number of hydrogen-bond donors (Lipinski definition) is 0. The predicted molar refractivity (Wildman–Crippen MR) is 50.4 cm³/mol. The molecule has 0 saturated heterocycles. The molecular weight excluding hydrogens is 132 g/mol. The van der Waals surface area contributed by atoms with Crippen molar-refractivity contribution in [1.29, 1.82) is 0 Å². The summed E-state index contributed by atoms with van der Waals surface area (Å²) < 4.78 is 0. The summed E-state index contributed by atoms with van der Waals surface area (Å²) in [5, 5.41) is 0. The molecule has 1 radical (unpaired) electrons. The van der Waals surface area contributed by atoms with Crippen LogP contribution in [0.1, 0.15) is 58.8 Å². The zero-order valence-electron chi connectivity index (χ0n) is 8.03. The van der Waals surface area contributed by atoms with Crippen LogP contribution in [0.3, 0.4) is 0 Å². The molecule has 1 fully saturated rings. The van der Waals surface area contributed by atoms with E-state index < -0.39 is 0 Å².